The highest BCUT2D eigenvalue weighted by Crippen LogP contribution is 2.32. The first-order chi connectivity index (χ1) is 10.6. The number of fused-ring (bicyclic) bond motifs is 1. The van der Waals surface area contributed by atoms with E-state index < -0.39 is 31.1 Å². The zero-order chi connectivity index (χ0) is 15.9. The van der Waals surface area contributed by atoms with Crippen molar-refractivity contribution in [2.45, 2.75) is 24.5 Å². The summed E-state index contributed by atoms with van der Waals surface area (Å²) in [6, 6.07) is 0. The van der Waals surface area contributed by atoms with Crippen LogP contribution in [-0.2, 0) is 4.74 Å². The van der Waals surface area contributed by atoms with Crippen LogP contribution in [0.15, 0.2) is 6.33 Å². The zero-order valence-electron chi connectivity index (χ0n) is 11.3. The van der Waals surface area contributed by atoms with E-state index >= 15 is 0 Å². The summed E-state index contributed by atoms with van der Waals surface area (Å²) in [7, 11) is 0. The van der Waals surface area contributed by atoms with Crippen LogP contribution in [0.3, 0.4) is 0 Å². The lowest BCUT2D eigenvalue weighted by molar-refractivity contribution is -0.0511. The normalized spacial score (nSPS) is 28.2. The van der Waals surface area contributed by atoms with E-state index in [1.165, 1.54) is 10.9 Å². The maximum absolute atomic E-state index is 10.1. The van der Waals surface area contributed by atoms with Gasteiger partial charge in [-0.15, -0.1) is 0 Å². The first-order valence-corrected chi connectivity index (χ1v) is 6.41. The molecule has 1 saturated heterocycles. The molecule has 3 rings (SSSR count). The minimum absolute atomic E-state index is 0.0777. The SMILES string of the molecule is NNc1nc(NN)c2ncn([C@@H]3O[C@H](CO)[C@@H](O)[C@H]3O)c2n1. The predicted molar refractivity (Wildman–Crippen MR) is 74.0 cm³/mol. The van der Waals surface area contributed by atoms with E-state index in [-0.39, 0.29) is 17.4 Å². The Balaban J connectivity index is 2.08. The number of nitrogens with zero attached hydrogens (tertiary/aromatic N) is 4. The topological polar surface area (TPSA) is 190 Å². The number of aromatic nitrogens is 4. The Kier molecular flexibility index (Phi) is 3.78. The molecule has 1 aliphatic rings. The molecule has 12 nitrogen and oxygen atoms in total. The van der Waals surface area contributed by atoms with E-state index in [0.29, 0.717) is 5.52 Å². The fraction of sp³-hybridized carbons (Fsp3) is 0.500. The van der Waals surface area contributed by atoms with Gasteiger partial charge in [-0.1, -0.05) is 0 Å². The Labute approximate surface area is 123 Å². The lowest BCUT2D eigenvalue weighted by Gasteiger charge is -2.16. The smallest absolute Gasteiger partial charge is 0.241 e. The molecule has 1 aliphatic heterocycles. The van der Waals surface area contributed by atoms with Gasteiger partial charge in [0.1, 0.15) is 18.3 Å². The van der Waals surface area contributed by atoms with Gasteiger partial charge in [-0.3, -0.25) is 9.99 Å². The number of rotatable bonds is 4. The van der Waals surface area contributed by atoms with Crippen molar-refractivity contribution in [3.8, 4) is 0 Å². The van der Waals surface area contributed by atoms with Gasteiger partial charge in [-0.2, -0.15) is 9.97 Å². The largest absolute Gasteiger partial charge is 0.394 e. The average molecular weight is 312 g/mol. The van der Waals surface area contributed by atoms with Gasteiger partial charge in [0.05, 0.1) is 12.9 Å². The number of anilines is 2. The Bertz CT molecular complexity index is 678. The van der Waals surface area contributed by atoms with Gasteiger partial charge in [0.25, 0.3) is 0 Å². The fourth-order valence-electron chi connectivity index (χ4n) is 2.38. The summed E-state index contributed by atoms with van der Waals surface area (Å²) in [6.07, 6.45) is -3.00. The number of hydrogen-bond acceptors (Lipinski definition) is 11. The second-order valence-corrected chi connectivity index (χ2v) is 4.74. The van der Waals surface area contributed by atoms with Crippen molar-refractivity contribution in [3.05, 3.63) is 6.33 Å². The van der Waals surface area contributed by atoms with Crippen LogP contribution in [0.25, 0.3) is 11.2 Å². The minimum atomic E-state index is -1.26. The molecular weight excluding hydrogens is 296 g/mol. The van der Waals surface area contributed by atoms with Crippen molar-refractivity contribution >= 4 is 22.9 Å². The highest BCUT2D eigenvalue weighted by Gasteiger charge is 2.44. The Morgan fingerprint density at radius 3 is 2.59 bits per heavy atom. The highest BCUT2D eigenvalue weighted by atomic mass is 16.6. The molecule has 9 N–H and O–H groups in total. The molecule has 1 fully saturated rings. The molecule has 0 unspecified atom stereocenters. The molecule has 4 atom stereocenters. The van der Waals surface area contributed by atoms with Crippen molar-refractivity contribution in [1.82, 2.24) is 19.5 Å². The number of hydrazine groups is 2. The Hall–Kier alpha value is -2.09. The van der Waals surface area contributed by atoms with Gasteiger partial charge in [-0.25, -0.2) is 16.7 Å². The maximum Gasteiger partial charge on any atom is 0.241 e. The second kappa shape index (κ2) is 5.60. The van der Waals surface area contributed by atoms with Crippen molar-refractivity contribution in [2.75, 3.05) is 17.5 Å². The molecular formula is C10H16N8O4. The van der Waals surface area contributed by atoms with Crippen LogP contribution < -0.4 is 22.5 Å². The molecule has 22 heavy (non-hydrogen) atoms. The van der Waals surface area contributed by atoms with Gasteiger partial charge in [0, 0.05) is 0 Å². The quantitative estimate of drug-likeness (QED) is 0.225. The number of imidazole rings is 1. The first kappa shape index (κ1) is 14.8. The molecule has 0 aliphatic carbocycles. The molecule has 0 saturated carbocycles. The summed E-state index contributed by atoms with van der Waals surface area (Å²) < 4.78 is 6.85. The third-order valence-electron chi connectivity index (χ3n) is 3.48. The van der Waals surface area contributed by atoms with Gasteiger partial charge in [0.15, 0.2) is 23.2 Å². The molecule has 0 spiro atoms. The molecule has 0 bridgehead atoms. The number of nitrogens with two attached hydrogens (primary N) is 2. The van der Waals surface area contributed by atoms with Crippen LogP contribution in [0, 0.1) is 0 Å². The van der Waals surface area contributed by atoms with E-state index in [2.05, 4.69) is 25.8 Å². The average Bonchev–Trinajstić information content (AvgIpc) is 3.08. The van der Waals surface area contributed by atoms with Crippen LogP contribution in [0.2, 0.25) is 0 Å². The number of nitrogens with one attached hydrogen (secondary N) is 2. The Morgan fingerprint density at radius 2 is 2.00 bits per heavy atom. The molecule has 2 aromatic rings. The van der Waals surface area contributed by atoms with E-state index in [9.17, 15) is 10.2 Å². The van der Waals surface area contributed by atoms with E-state index in [1.54, 1.807) is 0 Å². The first-order valence-electron chi connectivity index (χ1n) is 6.41. The fourth-order valence-corrected chi connectivity index (χ4v) is 2.38. The van der Waals surface area contributed by atoms with Gasteiger partial charge >= 0.3 is 0 Å². The summed E-state index contributed by atoms with van der Waals surface area (Å²) in [4.78, 5) is 12.2. The van der Waals surface area contributed by atoms with E-state index in [0.717, 1.165) is 0 Å². The molecule has 0 aromatic carbocycles. The summed E-state index contributed by atoms with van der Waals surface area (Å²) in [5, 5.41) is 29.1. The van der Waals surface area contributed by atoms with Crippen molar-refractivity contribution in [2.24, 2.45) is 11.7 Å². The molecule has 0 amide bonds. The molecule has 120 valence electrons. The van der Waals surface area contributed by atoms with Crippen molar-refractivity contribution in [3.63, 3.8) is 0 Å². The number of hydrogen-bond donors (Lipinski definition) is 7. The molecule has 12 heteroatoms. The standard InChI is InChI=1S/C10H16N8O4/c11-16-7-4-8(15-10(14-7)17-12)18(2-13-4)9-6(21)5(20)3(1-19)22-9/h2-3,5-6,9,19-21H,1,11-12H2,(H2,14,15,16,17)/t3-,5-,6-,9-/m1/s1. The van der Waals surface area contributed by atoms with Crippen LogP contribution >= 0.6 is 0 Å². The molecule has 3 heterocycles. The lowest BCUT2D eigenvalue weighted by atomic mass is 10.1. The second-order valence-electron chi connectivity index (χ2n) is 4.74. The van der Waals surface area contributed by atoms with Crippen molar-refractivity contribution in [1.29, 1.82) is 0 Å². The summed E-state index contributed by atoms with van der Waals surface area (Å²) in [5.41, 5.74) is 5.28. The third-order valence-corrected chi connectivity index (χ3v) is 3.48. The van der Waals surface area contributed by atoms with E-state index in [1.807, 2.05) is 0 Å². The summed E-state index contributed by atoms with van der Waals surface area (Å²) >= 11 is 0. The molecule has 0 radical (unpaired) electrons. The van der Waals surface area contributed by atoms with Crippen LogP contribution in [-0.4, -0.2) is 59.8 Å². The minimum Gasteiger partial charge on any atom is -0.394 e. The number of ether oxygens (including phenoxy) is 1. The number of nitrogen functional groups attached to an aromatic ring is 2. The van der Waals surface area contributed by atoms with Gasteiger partial charge < -0.3 is 25.5 Å². The summed E-state index contributed by atoms with van der Waals surface area (Å²) in [5.74, 6) is 11.0. The third kappa shape index (κ3) is 2.14. The number of aliphatic hydroxyl groups excluding tert-OH is 3. The van der Waals surface area contributed by atoms with Gasteiger partial charge in [-0.05, 0) is 0 Å². The van der Waals surface area contributed by atoms with Crippen LogP contribution in [0.4, 0.5) is 11.8 Å². The van der Waals surface area contributed by atoms with Crippen LogP contribution in [0.1, 0.15) is 6.23 Å². The Morgan fingerprint density at radius 1 is 1.23 bits per heavy atom. The number of aliphatic hydroxyl groups is 3. The summed E-state index contributed by atoms with van der Waals surface area (Å²) in [6.45, 7) is -0.429. The van der Waals surface area contributed by atoms with Crippen molar-refractivity contribution < 1.29 is 20.1 Å². The predicted octanol–water partition coefficient (Wildman–Crippen LogP) is -2.99. The zero-order valence-corrected chi connectivity index (χ0v) is 11.3. The van der Waals surface area contributed by atoms with E-state index in [4.69, 9.17) is 21.5 Å². The monoisotopic (exact) mass is 312 g/mol. The van der Waals surface area contributed by atoms with Crippen LogP contribution in [0.5, 0.6) is 0 Å². The lowest BCUT2D eigenvalue weighted by Crippen LogP contribution is -2.33. The highest BCUT2D eigenvalue weighted by molar-refractivity contribution is 5.84. The molecule has 2 aromatic heterocycles. The maximum atomic E-state index is 10.1. The van der Waals surface area contributed by atoms with Gasteiger partial charge in [0.2, 0.25) is 5.95 Å².